The first-order valence-electron chi connectivity index (χ1n) is 6.41. The topological polar surface area (TPSA) is 35.5 Å². The van der Waals surface area contributed by atoms with Crippen LogP contribution in [0.3, 0.4) is 0 Å². The van der Waals surface area contributed by atoms with Gasteiger partial charge in [-0.25, -0.2) is 8.78 Å². The third-order valence-corrected chi connectivity index (χ3v) is 3.99. The highest BCUT2D eigenvalue weighted by molar-refractivity contribution is 6.63. The van der Waals surface area contributed by atoms with Crippen molar-refractivity contribution in [1.29, 1.82) is 0 Å². The lowest BCUT2D eigenvalue weighted by atomic mass is 9.75. The number of rotatable bonds is 2. The fourth-order valence-electron chi connectivity index (χ4n) is 2.09. The van der Waals surface area contributed by atoms with Crippen LogP contribution in [0.1, 0.15) is 45.0 Å². The van der Waals surface area contributed by atoms with Gasteiger partial charge in [-0.05, 0) is 46.1 Å². The van der Waals surface area contributed by atoms with Crippen LogP contribution in [0, 0.1) is 11.6 Å². The van der Waals surface area contributed by atoms with Crippen LogP contribution in [-0.4, -0.2) is 24.1 Å². The number of halogens is 2. The molecule has 1 saturated heterocycles. The summed E-state index contributed by atoms with van der Waals surface area (Å²) < 4.78 is 38.7. The molecule has 20 heavy (non-hydrogen) atoms. The van der Waals surface area contributed by atoms with Gasteiger partial charge in [0.15, 0.2) is 17.4 Å². The van der Waals surface area contributed by atoms with E-state index >= 15 is 0 Å². The molecule has 1 aliphatic heterocycles. The lowest BCUT2D eigenvalue weighted by Gasteiger charge is -2.32. The molecular weight excluding hydrogens is 265 g/mol. The molecule has 1 fully saturated rings. The minimum Gasteiger partial charge on any atom is -0.399 e. The minimum absolute atomic E-state index is 0.218. The van der Waals surface area contributed by atoms with Gasteiger partial charge >= 0.3 is 7.12 Å². The average molecular weight is 282 g/mol. The number of carbonyl (C=O) groups excluding carboxylic acids is 1. The van der Waals surface area contributed by atoms with Crippen molar-refractivity contribution in [3.8, 4) is 0 Å². The molecule has 0 aliphatic carbocycles. The summed E-state index contributed by atoms with van der Waals surface area (Å²) in [4.78, 5) is 11.6. The third-order valence-electron chi connectivity index (χ3n) is 3.99. The largest absolute Gasteiger partial charge is 0.495 e. The molecule has 0 radical (unpaired) electrons. The Morgan fingerprint density at radius 2 is 1.60 bits per heavy atom. The maximum Gasteiger partial charge on any atom is 0.495 e. The van der Waals surface area contributed by atoms with E-state index < -0.39 is 35.7 Å². The first-order chi connectivity index (χ1) is 9.07. The van der Waals surface area contributed by atoms with Crippen molar-refractivity contribution < 1.29 is 22.9 Å². The molecule has 0 amide bonds. The Morgan fingerprint density at radius 1 is 1.10 bits per heavy atom. The summed E-state index contributed by atoms with van der Waals surface area (Å²) >= 11 is 0. The van der Waals surface area contributed by atoms with Crippen LogP contribution in [0.5, 0.6) is 0 Å². The van der Waals surface area contributed by atoms with Crippen LogP contribution < -0.4 is 5.46 Å². The monoisotopic (exact) mass is 282 g/mol. The molecule has 1 aromatic rings. The molecule has 3 nitrogen and oxygen atoms in total. The molecule has 1 aliphatic rings. The standard InChI is InChI=1S/C14H17BF2O3/c1-8(18)11-9(6-7-10(16)12(11)17)15-19-13(2,3)14(4,5)20-15/h6-7H,1-5H3. The zero-order valence-corrected chi connectivity index (χ0v) is 12.2. The van der Waals surface area contributed by atoms with Gasteiger partial charge in [-0.3, -0.25) is 4.79 Å². The normalized spacial score (nSPS) is 20.2. The molecule has 108 valence electrons. The average Bonchev–Trinajstić information content (AvgIpc) is 2.51. The summed E-state index contributed by atoms with van der Waals surface area (Å²) in [5, 5.41) is 0. The van der Waals surface area contributed by atoms with Crippen LogP contribution in [0.25, 0.3) is 0 Å². The molecule has 0 aromatic heterocycles. The second-order valence-electron chi connectivity index (χ2n) is 5.97. The number of Topliss-reactive ketones (excluding diaryl/α,β-unsaturated/α-hetero) is 1. The summed E-state index contributed by atoms with van der Waals surface area (Å²) in [6, 6.07) is 2.30. The predicted molar refractivity (Wildman–Crippen MR) is 72.1 cm³/mol. The highest BCUT2D eigenvalue weighted by Gasteiger charge is 2.52. The summed E-state index contributed by atoms with van der Waals surface area (Å²) in [7, 11) is -0.894. The van der Waals surface area contributed by atoms with Crippen molar-refractivity contribution >= 4 is 18.4 Å². The van der Waals surface area contributed by atoms with Gasteiger partial charge in [-0.2, -0.15) is 0 Å². The van der Waals surface area contributed by atoms with E-state index in [0.29, 0.717) is 0 Å². The van der Waals surface area contributed by atoms with Gasteiger partial charge in [0.25, 0.3) is 0 Å². The summed E-state index contributed by atoms with van der Waals surface area (Å²) in [6.45, 7) is 8.58. The van der Waals surface area contributed by atoms with E-state index in [1.54, 1.807) is 0 Å². The number of hydrogen-bond donors (Lipinski definition) is 0. The SMILES string of the molecule is CC(=O)c1c(B2OC(C)(C)C(C)(C)O2)ccc(F)c1F. The van der Waals surface area contributed by atoms with Crippen molar-refractivity contribution in [1.82, 2.24) is 0 Å². The Balaban J connectivity index is 2.51. The van der Waals surface area contributed by atoms with Crippen LogP contribution in [-0.2, 0) is 9.31 Å². The van der Waals surface area contributed by atoms with Gasteiger partial charge in [-0.15, -0.1) is 0 Å². The van der Waals surface area contributed by atoms with Crippen LogP contribution in [0.2, 0.25) is 0 Å². The predicted octanol–water partition coefficient (Wildman–Crippen LogP) is 2.47. The van der Waals surface area contributed by atoms with Gasteiger partial charge in [-0.1, -0.05) is 6.07 Å². The van der Waals surface area contributed by atoms with Gasteiger partial charge < -0.3 is 9.31 Å². The Labute approximate surface area is 117 Å². The lowest BCUT2D eigenvalue weighted by Crippen LogP contribution is -2.41. The molecule has 6 heteroatoms. The maximum absolute atomic E-state index is 13.8. The fourth-order valence-corrected chi connectivity index (χ4v) is 2.09. The summed E-state index contributed by atoms with van der Waals surface area (Å²) in [5.74, 6) is -2.79. The van der Waals surface area contributed by atoms with Crippen LogP contribution in [0.4, 0.5) is 8.78 Å². The van der Waals surface area contributed by atoms with E-state index in [0.717, 1.165) is 6.07 Å². The van der Waals surface area contributed by atoms with Crippen LogP contribution in [0.15, 0.2) is 12.1 Å². The highest BCUT2D eigenvalue weighted by Crippen LogP contribution is 2.36. The van der Waals surface area contributed by atoms with E-state index in [1.165, 1.54) is 13.0 Å². The molecule has 0 bridgehead atoms. The van der Waals surface area contributed by atoms with E-state index in [4.69, 9.17) is 9.31 Å². The van der Waals surface area contributed by atoms with E-state index in [2.05, 4.69) is 0 Å². The van der Waals surface area contributed by atoms with Crippen molar-refractivity contribution in [3.05, 3.63) is 29.3 Å². The van der Waals surface area contributed by atoms with Gasteiger partial charge in [0, 0.05) is 0 Å². The van der Waals surface area contributed by atoms with Crippen molar-refractivity contribution in [2.45, 2.75) is 45.8 Å². The molecule has 0 unspecified atom stereocenters. The van der Waals surface area contributed by atoms with Crippen molar-refractivity contribution in [2.75, 3.05) is 0 Å². The lowest BCUT2D eigenvalue weighted by molar-refractivity contribution is 0.00578. The second kappa shape index (κ2) is 4.64. The molecule has 1 heterocycles. The Bertz CT molecular complexity index is 554. The first-order valence-corrected chi connectivity index (χ1v) is 6.41. The summed E-state index contributed by atoms with van der Waals surface area (Å²) in [5.41, 5.74) is -1.33. The molecule has 1 aromatic carbocycles. The summed E-state index contributed by atoms with van der Waals surface area (Å²) in [6.07, 6.45) is 0. The van der Waals surface area contributed by atoms with E-state index in [1.807, 2.05) is 27.7 Å². The van der Waals surface area contributed by atoms with E-state index in [9.17, 15) is 13.6 Å². The first kappa shape index (κ1) is 15.1. The zero-order chi connectivity index (χ0) is 15.3. The molecule has 0 atom stereocenters. The quantitative estimate of drug-likeness (QED) is 0.617. The third kappa shape index (κ3) is 2.27. The fraction of sp³-hybridized carbons (Fsp3) is 0.500. The number of benzene rings is 1. The van der Waals surface area contributed by atoms with Crippen LogP contribution >= 0.6 is 0 Å². The Hall–Kier alpha value is -1.27. The van der Waals surface area contributed by atoms with Crippen molar-refractivity contribution in [3.63, 3.8) is 0 Å². The number of hydrogen-bond acceptors (Lipinski definition) is 3. The van der Waals surface area contributed by atoms with Gasteiger partial charge in [0.05, 0.1) is 16.8 Å². The molecular formula is C14H17BF2O3. The Kier molecular flexibility index (Phi) is 3.51. The number of carbonyl (C=O) groups is 1. The van der Waals surface area contributed by atoms with Gasteiger partial charge in [0.2, 0.25) is 0 Å². The minimum atomic E-state index is -1.16. The van der Waals surface area contributed by atoms with E-state index in [-0.39, 0.29) is 11.0 Å². The zero-order valence-electron chi connectivity index (χ0n) is 12.2. The second-order valence-corrected chi connectivity index (χ2v) is 5.97. The van der Waals surface area contributed by atoms with Crippen molar-refractivity contribution in [2.24, 2.45) is 0 Å². The smallest absolute Gasteiger partial charge is 0.399 e. The molecule has 0 spiro atoms. The molecule has 0 saturated carbocycles. The highest BCUT2D eigenvalue weighted by atomic mass is 19.2. The Morgan fingerprint density at radius 3 is 2.05 bits per heavy atom. The maximum atomic E-state index is 13.8. The van der Waals surface area contributed by atoms with Gasteiger partial charge in [0.1, 0.15) is 0 Å². The number of ketones is 1. The molecule has 0 N–H and O–H groups in total. The molecule has 2 rings (SSSR count).